The summed E-state index contributed by atoms with van der Waals surface area (Å²) in [4.78, 5) is 3.86. The Balaban J connectivity index is 2.34. The molecule has 2 aromatic rings. The molecule has 0 atom stereocenters. The lowest BCUT2D eigenvalue weighted by molar-refractivity contribution is 0.934. The van der Waals surface area contributed by atoms with Crippen molar-refractivity contribution in [3.63, 3.8) is 0 Å². The zero-order valence-electron chi connectivity index (χ0n) is 8.56. The second kappa shape index (κ2) is 4.68. The molecule has 2 rings (SSSR count). The van der Waals surface area contributed by atoms with Crippen molar-refractivity contribution in [2.75, 3.05) is 0 Å². The maximum Gasteiger partial charge on any atom is 0.138 e. The van der Waals surface area contributed by atoms with Gasteiger partial charge in [0.2, 0.25) is 0 Å². The molecule has 0 unspecified atom stereocenters. The van der Waals surface area contributed by atoms with Gasteiger partial charge >= 0.3 is 0 Å². The van der Waals surface area contributed by atoms with Gasteiger partial charge in [-0.15, -0.1) is 0 Å². The average Bonchev–Trinajstić information content (AvgIpc) is 2.74. The van der Waals surface area contributed by atoms with Crippen molar-refractivity contribution in [3.05, 3.63) is 46.5 Å². The molecular weight excluding hydrogens is 245 g/mol. The summed E-state index contributed by atoms with van der Waals surface area (Å²) in [6.07, 6.45) is 4.98. The van der Waals surface area contributed by atoms with Crippen molar-refractivity contribution in [3.8, 4) is 0 Å². The van der Waals surface area contributed by atoms with Crippen molar-refractivity contribution in [1.82, 2.24) is 14.8 Å². The van der Waals surface area contributed by atoms with Crippen LogP contribution in [0.5, 0.6) is 0 Å². The second-order valence-electron chi connectivity index (χ2n) is 3.32. The lowest BCUT2D eigenvalue weighted by Crippen LogP contribution is -1.88. The van der Waals surface area contributed by atoms with Gasteiger partial charge in [0.05, 0.1) is 10.0 Å². The highest BCUT2D eigenvalue weighted by molar-refractivity contribution is 6.42. The topological polar surface area (TPSA) is 30.7 Å². The fourth-order valence-corrected chi connectivity index (χ4v) is 1.60. The minimum absolute atomic E-state index is 0.547. The molecule has 1 heterocycles. The van der Waals surface area contributed by atoms with Crippen LogP contribution in [0.1, 0.15) is 12.5 Å². The quantitative estimate of drug-likeness (QED) is 0.819. The lowest BCUT2D eigenvalue weighted by Gasteiger charge is -2.03. The molecule has 0 aliphatic rings. The van der Waals surface area contributed by atoms with Crippen molar-refractivity contribution in [2.24, 2.45) is 0 Å². The van der Waals surface area contributed by atoms with E-state index >= 15 is 0 Å². The van der Waals surface area contributed by atoms with Gasteiger partial charge in [-0.2, -0.15) is 5.10 Å². The summed E-state index contributed by atoms with van der Waals surface area (Å²) >= 11 is 11.8. The Kier molecular flexibility index (Phi) is 3.27. The van der Waals surface area contributed by atoms with Gasteiger partial charge in [-0.3, -0.25) is 0 Å². The van der Waals surface area contributed by atoms with E-state index in [1.807, 2.05) is 25.3 Å². The van der Waals surface area contributed by atoms with Crippen molar-refractivity contribution < 1.29 is 0 Å². The molecule has 0 spiro atoms. The molecule has 0 aliphatic carbocycles. The molecular formula is C11H9Cl2N3. The first-order valence-corrected chi connectivity index (χ1v) is 5.40. The lowest BCUT2D eigenvalue weighted by atomic mass is 10.1. The number of rotatable bonds is 2. The summed E-state index contributed by atoms with van der Waals surface area (Å²) in [7, 11) is 0. The van der Waals surface area contributed by atoms with Crippen LogP contribution in [0.15, 0.2) is 30.9 Å². The Bertz CT molecular complexity index is 518. The molecule has 0 amide bonds. The molecule has 0 bridgehead atoms. The highest BCUT2D eigenvalue weighted by Crippen LogP contribution is 2.26. The molecule has 0 N–H and O–H groups in total. The monoisotopic (exact) mass is 253 g/mol. The molecule has 1 aromatic heterocycles. The van der Waals surface area contributed by atoms with Gasteiger partial charge in [0, 0.05) is 6.20 Å². The van der Waals surface area contributed by atoms with Gasteiger partial charge in [-0.05, 0) is 30.2 Å². The van der Waals surface area contributed by atoms with Gasteiger partial charge in [-0.1, -0.05) is 29.3 Å². The summed E-state index contributed by atoms with van der Waals surface area (Å²) < 4.78 is 1.64. The van der Waals surface area contributed by atoms with Crippen LogP contribution in [0.4, 0.5) is 0 Å². The number of halogens is 2. The van der Waals surface area contributed by atoms with Crippen molar-refractivity contribution >= 4 is 35.0 Å². The van der Waals surface area contributed by atoms with E-state index in [9.17, 15) is 0 Å². The van der Waals surface area contributed by atoms with Crippen molar-refractivity contribution in [2.45, 2.75) is 6.92 Å². The maximum atomic E-state index is 5.95. The summed E-state index contributed by atoms with van der Waals surface area (Å²) in [6.45, 7) is 1.97. The standard InChI is InChI=1S/C11H9Cl2N3/c1-8(5-16-7-14-6-15-16)9-2-3-10(12)11(13)4-9/h2-7H,1H3/b8-5-. The fraction of sp³-hybridized carbons (Fsp3) is 0.0909. The van der Waals surface area contributed by atoms with E-state index in [0.717, 1.165) is 11.1 Å². The van der Waals surface area contributed by atoms with Crippen LogP contribution < -0.4 is 0 Å². The van der Waals surface area contributed by atoms with Crippen molar-refractivity contribution in [1.29, 1.82) is 0 Å². The van der Waals surface area contributed by atoms with Crippen LogP contribution in [0.25, 0.3) is 11.8 Å². The van der Waals surface area contributed by atoms with Crippen LogP contribution in [-0.2, 0) is 0 Å². The molecule has 0 fully saturated rings. The molecule has 3 nitrogen and oxygen atoms in total. The zero-order chi connectivity index (χ0) is 11.5. The van der Waals surface area contributed by atoms with E-state index in [0.29, 0.717) is 10.0 Å². The molecule has 82 valence electrons. The number of benzene rings is 1. The predicted octanol–water partition coefficient (Wildman–Crippen LogP) is 3.60. The third-order valence-electron chi connectivity index (χ3n) is 2.14. The average molecular weight is 254 g/mol. The first kappa shape index (κ1) is 11.2. The minimum atomic E-state index is 0.547. The van der Waals surface area contributed by atoms with E-state index in [1.54, 1.807) is 17.1 Å². The smallest absolute Gasteiger partial charge is 0.138 e. The Labute approximate surface area is 103 Å². The Morgan fingerprint density at radius 1 is 1.31 bits per heavy atom. The molecule has 0 saturated heterocycles. The Hall–Kier alpha value is -1.32. The third kappa shape index (κ3) is 2.43. The molecule has 5 heteroatoms. The van der Waals surface area contributed by atoms with E-state index in [2.05, 4.69) is 10.1 Å². The van der Waals surface area contributed by atoms with Gasteiger partial charge in [0.25, 0.3) is 0 Å². The maximum absolute atomic E-state index is 5.95. The molecule has 0 saturated carbocycles. The number of allylic oxidation sites excluding steroid dienone is 1. The predicted molar refractivity (Wildman–Crippen MR) is 66.3 cm³/mol. The summed E-state index contributed by atoms with van der Waals surface area (Å²) in [5, 5.41) is 5.09. The van der Waals surface area contributed by atoms with Gasteiger partial charge in [0.1, 0.15) is 12.7 Å². The zero-order valence-corrected chi connectivity index (χ0v) is 10.1. The SMILES string of the molecule is C/C(=C/n1cncn1)c1ccc(Cl)c(Cl)c1. The first-order valence-electron chi connectivity index (χ1n) is 4.65. The Morgan fingerprint density at radius 2 is 2.12 bits per heavy atom. The number of nitrogens with zero attached hydrogens (tertiary/aromatic N) is 3. The van der Waals surface area contributed by atoms with E-state index in [-0.39, 0.29) is 0 Å². The van der Waals surface area contributed by atoms with Gasteiger partial charge in [-0.25, -0.2) is 9.67 Å². The Morgan fingerprint density at radius 3 is 2.75 bits per heavy atom. The normalized spacial score (nSPS) is 11.8. The van der Waals surface area contributed by atoms with E-state index in [1.165, 1.54) is 6.33 Å². The van der Waals surface area contributed by atoms with Crippen LogP contribution in [0, 0.1) is 0 Å². The largest absolute Gasteiger partial charge is 0.228 e. The fourth-order valence-electron chi connectivity index (χ4n) is 1.30. The van der Waals surface area contributed by atoms with Gasteiger partial charge < -0.3 is 0 Å². The molecule has 0 aliphatic heterocycles. The second-order valence-corrected chi connectivity index (χ2v) is 4.13. The number of hydrogen-bond donors (Lipinski definition) is 0. The summed E-state index contributed by atoms with van der Waals surface area (Å²) in [6, 6.07) is 5.52. The van der Waals surface area contributed by atoms with Crippen LogP contribution >= 0.6 is 23.2 Å². The summed E-state index contributed by atoms with van der Waals surface area (Å²) in [5.41, 5.74) is 2.04. The minimum Gasteiger partial charge on any atom is -0.228 e. The molecule has 0 radical (unpaired) electrons. The molecule has 1 aromatic carbocycles. The number of aromatic nitrogens is 3. The highest BCUT2D eigenvalue weighted by atomic mass is 35.5. The van der Waals surface area contributed by atoms with Gasteiger partial charge in [0.15, 0.2) is 0 Å². The number of hydrogen-bond acceptors (Lipinski definition) is 2. The van der Waals surface area contributed by atoms with Crippen LogP contribution in [-0.4, -0.2) is 14.8 Å². The van der Waals surface area contributed by atoms with E-state index < -0.39 is 0 Å². The van der Waals surface area contributed by atoms with E-state index in [4.69, 9.17) is 23.2 Å². The molecule has 16 heavy (non-hydrogen) atoms. The highest BCUT2D eigenvalue weighted by Gasteiger charge is 2.01. The van der Waals surface area contributed by atoms with Crippen LogP contribution in [0.3, 0.4) is 0 Å². The summed E-state index contributed by atoms with van der Waals surface area (Å²) in [5.74, 6) is 0. The third-order valence-corrected chi connectivity index (χ3v) is 2.88. The first-order chi connectivity index (χ1) is 7.66. The van der Waals surface area contributed by atoms with Crippen LogP contribution in [0.2, 0.25) is 10.0 Å².